The average molecular weight is 481 g/mol. The second-order valence-corrected chi connectivity index (χ2v) is 9.24. The molecule has 1 atom stereocenters. The lowest BCUT2D eigenvalue weighted by molar-refractivity contribution is -0.384. The smallest absolute Gasteiger partial charge is 0.326 e. The van der Waals surface area contributed by atoms with Crippen LogP contribution in [0.15, 0.2) is 39.7 Å². The quantitative estimate of drug-likeness (QED) is 0.248. The van der Waals surface area contributed by atoms with Gasteiger partial charge in [-0.05, 0) is 30.5 Å². The van der Waals surface area contributed by atoms with E-state index in [1.165, 1.54) is 24.3 Å². The standard InChI is InChI=1S/C20H17ClN2O6S2/c1-10(2)7-15(19(25)26)22-18(24)17(31-20(22)30)9-12-4-6-16(29-12)13-5-3-11(23(27)28)8-14(13)21/h3-6,8-10,15H,7H2,1-2H3,(H,25,26). The van der Waals surface area contributed by atoms with E-state index in [2.05, 4.69) is 0 Å². The monoisotopic (exact) mass is 480 g/mol. The number of nitro benzene ring substituents is 1. The van der Waals surface area contributed by atoms with E-state index in [9.17, 15) is 24.8 Å². The summed E-state index contributed by atoms with van der Waals surface area (Å²) >= 11 is 12.4. The predicted octanol–water partition coefficient (Wildman–Crippen LogP) is 5.21. The van der Waals surface area contributed by atoms with E-state index in [4.69, 9.17) is 28.2 Å². The number of non-ortho nitro benzene ring substituents is 1. The first kappa shape index (κ1) is 23.0. The minimum atomic E-state index is -1.11. The molecule has 1 N–H and O–H groups in total. The molecule has 1 amide bonds. The summed E-state index contributed by atoms with van der Waals surface area (Å²) in [7, 11) is 0. The van der Waals surface area contributed by atoms with Crippen LogP contribution >= 0.6 is 35.6 Å². The Balaban J connectivity index is 1.86. The zero-order valence-corrected chi connectivity index (χ0v) is 18.8. The summed E-state index contributed by atoms with van der Waals surface area (Å²) in [4.78, 5) is 36.2. The highest BCUT2D eigenvalue weighted by Gasteiger charge is 2.40. The Bertz CT molecular complexity index is 1110. The van der Waals surface area contributed by atoms with Gasteiger partial charge in [-0.25, -0.2) is 4.79 Å². The van der Waals surface area contributed by atoms with Crippen molar-refractivity contribution in [3.63, 3.8) is 0 Å². The van der Waals surface area contributed by atoms with E-state index < -0.39 is 22.8 Å². The third kappa shape index (κ3) is 4.97. The molecular formula is C20H17ClN2O6S2. The summed E-state index contributed by atoms with van der Waals surface area (Å²) in [5.74, 6) is -0.840. The Morgan fingerprint density at radius 1 is 1.39 bits per heavy atom. The topological polar surface area (TPSA) is 114 Å². The van der Waals surface area contributed by atoms with Gasteiger partial charge in [-0.3, -0.25) is 19.8 Å². The summed E-state index contributed by atoms with van der Waals surface area (Å²) in [5, 5.41) is 20.6. The third-order valence-corrected chi connectivity index (χ3v) is 6.09. The number of amides is 1. The molecule has 0 radical (unpaired) electrons. The molecule has 0 saturated carbocycles. The van der Waals surface area contributed by atoms with Gasteiger partial charge in [-0.1, -0.05) is 49.4 Å². The second kappa shape index (κ2) is 9.21. The van der Waals surface area contributed by atoms with Crippen LogP contribution in [-0.4, -0.2) is 37.2 Å². The van der Waals surface area contributed by atoms with Crippen molar-refractivity contribution < 1.29 is 24.0 Å². The number of halogens is 1. The number of thiocarbonyl (C=S) groups is 1. The number of furan rings is 1. The molecule has 1 saturated heterocycles. The number of carbonyl (C=O) groups excluding carboxylic acids is 1. The van der Waals surface area contributed by atoms with Crippen molar-refractivity contribution in [3.8, 4) is 11.3 Å². The van der Waals surface area contributed by atoms with Gasteiger partial charge in [0.2, 0.25) is 0 Å². The summed E-state index contributed by atoms with van der Waals surface area (Å²) < 4.78 is 5.91. The Morgan fingerprint density at radius 3 is 2.68 bits per heavy atom. The molecule has 2 heterocycles. The summed E-state index contributed by atoms with van der Waals surface area (Å²) in [6.45, 7) is 3.74. The van der Waals surface area contributed by atoms with E-state index in [0.717, 1.165) is 16.7 Å². The maximum absolute atomic E-state index is 12.8. The maximum atomic E-state index is 12.8. The Morgan fingerprint density at radius 2 is 2.10 bits per heavy atom. The van der Waals surface area contributed by atoms with Gasteiger partial charge in [-0.15, -0.1) is 0 Å². The van der Waals surface area contributed by atoms with Crippen LogP contribution in [0, 0.1) is 16.0 Å². The molecule has 11 heteroatoms. The molecule has 2 aromatic rings. The van der Waals surface area contributed by atoms with Crippen molar-refractivity contribution >= 4 is 63.5 Å². The van der Waals surface area contributed by atoms with E-state index >= 15 is 0 Å². The Hall–Kier alpha value is -2.69. The molecule has 1 aromatic carbocycles. The van der Waals surface area contributed by atoms with Crippen LogP contribution in [0.2, 0.25) is 5.02 Å². The van der Waals surface area contributed by atoms with Gasteiger partial charge < -0.3 is 9.52 Å². The number of aliphatic carboxylic acids is 1. The van der Waals surface area contributed by atoms with E-state index in [1.807, 2.05) is 13.8 Å². The van der Waals surface area contributed by atoms with E-state index in [1.54, 1.807) is 12.1 Å². The van der Waals surface area contributed by atoms with Crippen LogP contribution < -0.4 is 0 Å². The summed E-state index contributed by atoms with van der Waals surface area (Å²) in [6, 6.07) is 6.22. The fraction of sp³-hybridized carbons (Fsp3) is 0.250. The number of thioether (sulfide) groups is 1. The highest BCUT2D eigenvalue weighted by molar-refractivity contribution is 8.26. The molecule has 1 aromatic heterocycles. The number of nitro groups is 1. The molecule has 1 aliphatic rings. The van der Waals surface area contributed by atoms with Crippen LogP contribution in [0.5, 0.6) is 0 Å². The molecule has 3 rings (SSSR count). The first-order chi connectivity index (χ1) is 14.6. The lowest BCUT2D eigenvalue weighted by Crippen LogP contribution is -2.44. The van der Waals surface area contributed by atoms with Crippen molar-refractivity contribution in [2.24, 2.45) is 5.92 Å². The van der Waals surface area contributed by atoms with Crippen LogP contribution in [0.1, 0.15) is 26.0 Å². The van der Waals surface area contributed by atoms with Gasteiger partial charge in [0.15, 0.2) is 0 Å². The zero-order valence-electron chi connectivity index (χ0n) is 16.4. The van der Waals surface area contributed by atoms with E-state index in [0.29, 0.717) is 17.1 Å². The van der Waals surface area contributed by atoms with Gasteiger partial charge in [0, 0.05) is 23.8 Å². The van der Waals surface area contributed by atoms with Crippen LogP contribution in [0.4, 0.5) is 5.69 Å². The molecule has 0 spiro atoms. The highest BCUT2D eigenvalue weighted by Crippen LogP contribution is 2.37. The molecule has 1 aliphatic heterocycles. The van der Waals surface area contributed by atoms with Crippen molar-refractivity contribution in [3.05, 3.63) is 56.1 Å². The predicted molar refractivity (Wildman–Crippen MR) is 122 cm³/mol. The molecule has 1 unspecified atom stereocenters. The minimum Gasteiger partial charge on any atom is -0.480 e. The van der Waals surface area contributed by atoms with Gasteiger partial charge in [0.1, 0.15) is 21.9 Å². The lowest BCUT2D eigenvalue weighted by atomic mass is 10.0. The van der Waals surface area contributed by atoms with Crippen molar-refractivity contribution in [2.45, 2.75) is 26.3 Å². The Kier molecular flexibility index (Phi) is 6.83. The normalized spacial score (nSPS) is 16.4. The fourth-order valence-electron chi connectivity index (χ4n) is 3.03. The number of carboxylic acid groups (broad SMARTS) is 1. The maximum Gasteiger partial charge on any atom is 0.326 e. The van der Waals surface area contributed by atoms with Gasteiger partial charge in [0.05, 0.1) is 14.9 Å². The van der Waals surface area contributed by atoms with Gasteiger partial charge in [0.25, 0.3) is 11.6 Å². The Labute approximate surface area is 192 Å². The SMILES string of the molecule is CC(C)CC(C(=O)O)N1C(=O)C(=Cc2ccc(-c3ccc([N+](=O)[O-])cc3Cl)o2)SC1=S. The van der Waals surface area contributed by atoms with Crippen LogP contribution in [-0.2, 0) is 9.59 Å². The second-order valence-electron chi connectivity index (χ2n) is 7.16. The van der Waals surface area contributed by atoms with Crippen molar-refractivity contribution in [2.75, 3.05) is 0 Å². The highest BCUT2D eigenvalue weighted by atomic mass is 35.5. The minimum absolute atomic E-state index is 0.0637. The molecule has 31 heavy (non-hydrogen) atoms. The van der Waals surface area contributed by atoms with Gasteiger partial charge >= 0.3 is 5.97 Å². The fourth-order valence-corrected chi connectivity index (χ4v) is 4.64. The van der Waals surface area contributed by atoms with Crippen molar-refractivity contribution in [1.29, 1.82) is 0 Å². The first-order valence-corrected chi connectivity index (χ1v) is 10.7. The van der Waals surface area contributed by atoms with Crippen molar-refractivity contribution in [1.82, 2.24) is 4.90 Å². The molecule has 0 aliphatic carbocycles. The van der Waals surface area contributed by atoms with E-state index in [-0.39, 0.29) is 32.3 Å². The molecule has 1 fully saturated rings. The lowest BCUT2D eigenvalue weighted by Gasteiger charge is -2.24. The van der Waals surface area contributed by atoms with Gasteiger partial charge in [-0.2, -0.15) is 0 Å². The third-order valence-electron chi connectivity index (χ3n) is 4.44. The summed E-state index contributed by atoms with van der Waals surface area (Å²) in [5.41, 5.74) is 0.320. The number of carboxylic acids is 1. The molecular weight excluding hydrogens is 464 g/mol. The number of rotatable bonds is 7. The number of benzene rings is 1. The number of nitrogens with zero attached hydrogens (tertiary/aromatic N) is 2. The number of carbonyl (C=O) groups is 2. The summed E-state index contributed by atoms with van der Waals surface area (Å²) in [6.07, 6.45) is 1.76. The molecule has 0 bridgehead atoms. The van der Waals surface area contributed by atoms with Crippen LogP contribution in [0.25, 0.3) is 17.4 Å². The number of hydrogen-bond acceptors (Lipinski definition) is 7. The van der Waals surface area contributed by atoms with Crippen LogP contribution in [0.3, 0.4) is 0 Å². The largest absolute Gasteiger partial charge is 0.480 e. The first-order valence-electron chi connectivity index (χ1n) is 9.12. The molecule has 8 nitrogen and oxygen atoms in total. The number of hydrogen-bond donors (Lipinski definition) is 1. The molecule has 162 valence electrons. The average Bonchev–Trinajstić information content (AvgIpc) is 3.24. The zero-order chi connectivity index (χ0) is 22.9.